The Labute approximate surface area is 190 Å². The van der Waals surface area contributed by atoms with E-state index in [0.717, 1.165) is 42.0 Å². The van der Waals surface area contributed by atoms with Crippen LogP contribution < -0.4 is 4.74 Å². The van der Waals surface area contributed by atoms with Gasteiger partial charge in [0.2, 0.25) is 0 Å². The van der Waals surface area contributed by atoms with E-state index in [4.69, 9.17) is 4.74 Å². The van der Waals surface area contributed by atoms with Gasteiger partial charge in [-0.2, -0.15) is 0 Å². The highest BCUT2D eigenvalue weighted by atomic mass is 16.5. The normalized spacial score (nSPS) is 21.5. The SMILES string of the molecule is Cc1cc(C)cc(OCCN2C(=O)C(c3ccccc3)=C(N3CC(C)CC(C)C3)C2=O)c1. The third-order valence-electron chi connectivity index (χ3n) is 6.17. The number of ether oxygens (including phenoxy) is 1. The lowest BCUT2D eigenvalue weighted by Gasteiger charge is -2.37. The molecule has 2 aliphatic rings. The number of rotatable bonds is 6. The topological polar surface area (TPSA) is 49.9 Å². The average molecular weight is 433 g/mol. The van der Waals surface area contributed by atoms with Gasteiger partial charge in [0.1, 0.15) is 18.1 Å². The predicted molar refractivity (Wildman–Crippen MR) is 126 cm³/mol. The molecule has 2 aliphatic heterocycles. The van der Waals surface area contributed by atoms with Gasteiger partial charge in [0.15, 0.2) is 0 Å². The number of carbonyl (C=O) groups is 2. The van der Waals surface area contributed by atoms with Gasteiger partial charge in [0.05, 0.1) is 12.1 Å². The highest BCUT2D eigenvalue weighted by Gasteiger charge is 2.42. The highest BCUT2D eigenvalue weighted by Crippen LogP contribution is 2.34. The van der Waals surface area contributed by atoms with Crippen molar-refractivity contribution in [2.75, 3.05) is 26.2 Å². The van der Waals surface area contributed by atoms with Gasteiger partial charge in [-0.1, -0.05) is 50.2 Å². The van der Waals surface area contributed by atoms with E-state index in [1.807, 2.05) is 56.3 Å². The molecule has 0 aliphatic carbocycles. The quantitative estimate of drug-likeness (QED) is 0.633. The highest BCUT2D eigenvalue weighted by molar-refractivity contribution is 6.35. The summed E-state index contributed by atoms with van der Waals surface area (Å²) in [7, 11) is 0. The Morgan fingerprint density at radius 3 is 2.16 bits per heavy atom. The molecule has 32 heavy (non-hydrogen) atoms. The second kappa shape index (κ2) is 9.19. The summed E-state index contributed by atoms with van der Waals surface area (Å²) in [5.41, 5.74) is 4.10. The van der Waals surface area contributed by atoms with Gasteiger partial charge in [-0.05, 0) is 60.9 Å². The molecule has 168 valence electrons. The first-order chi connectivity index (χ1) is 15.3. The summed E-state index contributed by atoms with van der Waals surface area (Å²) < 4.78 is 5.90. The molecule has 0 saturated carbocycles. The first-order valence-electron chi connectivity index (χ1n) is 11.5. The van der Waals surface area contributed by atoms with Crippen LogP contribution in [-0.2, 0) is 9.59 Å². The van der Waals surface area contributed by atoms with Gasteiger partial charge in [0.25, 0.3) is 11.8 Å². The minimum Gasteiger partial charge on any atom is -0.492 e. The molecule has 0 spiro atoms. The Hall–Kier alpha value is -3.08. The molecule has 1 fully saturated rings. The molecule has 2 aromatic carbocycles. The third kappa shape index (κ3) is 4.57. The molecule has 1 saturated heterocycles. The smallest absolute Gasteiger partial charge is 0.277 e. The van der Waals surface area contributed by atoms with Crippen molar-refractivity contribution in [3.63, 3.8) is 0 Å². The number of carbonyl (C=O) groups excluding carboxylic acids is 2. The molecule has 2 unspecified atom stereocenters. The minimum absolute atomic E-state index is 0.209. The number of piperidine rings is 1. The molecular formula is C27H32N2O3. The van der Waals surface area contributed by atoms with Crippen LogP contribution in [0.2, 0.25) is 0 Å². The Morgan fingerprint density at radius 1 is 0.906 bits per heavy atom. The van der Waals surface area contributed by atoms with Crippen molar-refractivity contribution in [3.8, 4) is 5.75 Å². The lowest BCUT2D eigenvalue weighted by atomic mass is 9.91. The largest absolute Gasteiger partial charge is 0.492 e. The molecule has 2 heterocycles. The molecule has 5 heteroatoms. The van der Waals surface area contributed by atoms with Crippen LogP contribution in [0.4, 0.5) is 0 Å². The predicted octanol–water partition coefficient (Wildman–Crippen LogP) is 4.44. The number of imide groups is 1. The van der Waals surface area contributed by atoms with Gasteiger partial charge in [0, 0.05) is 13.1 Å². The molecule has 5 nitrogen and oxygen atoms in total. The van der Waals surface area contributed by atoms with Crippen molar-refractivity contribution >= 4 is 17.4 Å². The van der Waals surface area contributed by atoms with Gasteiger partial charge < -0.3 is 9.64 Å². The van der Waals surface area contributed by atoms with Crippen LogP contribution >= 0.6 is 0 Å². The van der Waals surface area contributed by atoms with Crippen LogP contribution in [-0.4, -0.2) is 47.9 Å². The van der Waals surface area contributed by atoms with Crippen LogP contribution in [0.1, 0.15) is 37.0 Å². The van der Waals surface area contributed by atoms with Gasteiger partial charge >= 0.3 is 0 Å². The van der Waals surface area contributed by atoms with E-state index >= 15 is 0 Å². The average Bonchev–Trinajstić information content (AvgIpc) is 2.97. The maximum atomic E-state index is 13.5. The molecular weight excluding hydrogens is 400 g/mol. The Bertz CT molecular complexity index is 1010. The first kappa shape index (κ1) is 22.1. The first-order valence-corrected chi connectivity index (χ1v) is 11.5. The van der Waals surface area contributed by atoms with E-state index in [-0.39, 0.29) is 25.0 Å². The van der Waals surface area contributed by atoms with Crippen LogP contribution in [0.25, 0.3) is 5.57 Å². The molecule has 0 N–H and O–H groups in total. The fourth-order valence-corrected chi connectivity index (χ4v) is 5.04. The van der Waals surface area contributed by atoms with Crippen molar-refractivity contribution in [2.24, 2.45) is 11.8 Å². The summed E-state index contributed by atoms with van der Waals surface area (Å²) in [4.78, 5) is 30.4. The van der Waals surface area contributed by atoms with Gasteiger partial charge in [-0.25, -0.2) is 0 Å². The molecule has 4 rings (SSSR count). The monoisotopic (exact) mass is 432 g/mol. The summed E-state index contributed by atoms with van der Waals surface area (Å²) in [6.45, 7) is 10.5. The van der Waals surface area contributed by atoms with E-state index in [0.29, 0.717) is 23.1 Å². The number of hydrogen-bond acceptors (Lipinski definition) is 4. The number of aryl methyl sites for hydroxylation is 2. The summed E-state index contributed by atoms with van der Waals surface area (Å²) in [5, 5.41) is 0. The summed E-state index contributed by atoms with van der Waals surface area (Å²) in [5.74, 6) is 1.28. The Balaban J connectivity index is 1.57. The van der Waals surface area contributed by atoms with Crippen molar-refractivity contribution < 1.29 is 14.3 Å². The van der Waals surface area contributed by atoms with E-state index in [1.165, 1.54) is 4.90 Å². The van der Waals surface area contributed by atoms with Crippen LogP contribution in [0, 0.1) is 25.7 Å². The second-order valence-corrected chi connectivity index (χ2v) is 9.37. The van der Waals surface area contributed by atoms with E-state index in [1.54, 1.807) is 0 Å². The number of nitrogens with zero attached hydrogens (tertiary/aromatic N) is 2. The molecule has 0 radical (unpaired) electrons. The van der Waals surface area contributed by atoms with Crippen molar-refractivity contribution in [1.29, 1.82) is 0 Å². The zero-order valence-corrected chi connectivity index (χ0v) is 19.4. The van der Waals surface area contributed by atoms with Crippen LogP contribution in [0.5, 0.6) is 5.75 Å². The fourth-order valence-electron chi connectivity index (χ4n) is 5.04. The zero-order valence-electron chi connectivity index (χ0n) is 19.4. The Morgan fingerprint density at radius 2 is 1.53 bits per heavy atom. The van der Waals surface area contributed by atoms with Crippen LogP contribution in [0.15, 0.2) is 54.2 Å². The summed E-state index contributed by atoms with van der Waals surface area (Å²) >= 11 is 0. The molecule has 2 atom stereocenters. The van der Waals surface area contributed by atoms with Gasteiger partial charge in [-0.3, -0.25) is 14.5 Å². The lowest BCUT2D eigenvalue weighted by Crippen LogP contribution is -2.42. The van der Waals surface area contributed by atoms with Gasteiger partial charge in [-0.15, -0.1) is 0 Å². The maximum absolute atomic E-state index is 13.5. The summed E-state index contributed by atoms with van der Waals surface area (Å²) in [6.07, 6.45) is 1.14. The third-order valence-corrected chi connectivity index (χ3v) is 6.17. The van der Waals surface area contributed by atoms with Crippen molar-refractivity contribution in [2.45, 2.75) is 34.1 Å². The van der Waals surface area contributed by atoms with E-state index in [2.05, 4.69) is 24.8 Å². The fraction of sp³-hybridized carbons (Fsp3) is 0.407. The molecule has 0 aromatic heterocycles. The number of hydrogen-bond donors (Lipinski definition) is 0. The number of amides is 2. The van der Waals surface area contributed by atoms with Crippen LogP contribution in [0.3, 0.4) is 0 Å². The van der Waals surface area contributed by atoms with E-state index < -0.39 is 0 Å². The standard InChI is InChI=1S/C27H32N2O3/c1-18-12-19(2)15-23(14-18)32-11-10-29-26(30)24(22-8-6-5-7-9-22)25(27(29)31)28-16-20(3)13-21(4)17-28/h5-9,12,14-15,20-21H,10-11,13,16-17H2,1-4H3. The number of benzene rings is 2. The minimum atomic E-state index is -0.230. The number of likely N-dealkylation sites (tertiary alicyclic amines) is 1. The Kier molecular flexibility index (Phi) is 6.35. The zero-order chi connectivity index (χ0) is 22.8. The maximum Gasteiger partial charge on any atom is 0.277 e. The van der Waals surface area contributed by atoms with Crippen molar-refractivity contribution in [3.05, 3.63) is 70.9 Å². The molecule has 2 amide bonds. The van der Waals surface area contributed by atoms with E-state index in [9.17, 15) is 9.59 Å². The lowest BCUT2D eigenvalue weighted by molar-refractivity contribution is -0.138. The molecule has 0 bridgehead atoms. The summed E-state index contributed by atoms with van der Waals surface area (Å²) in [6, 6.07) is 15.6. The second-order valence-electron chi connectivity index (χ2n) is 9.37. The molecule has 2 aromatic rings. The van der Waals surface area contributed by atoms with Crippen molar-refractivity contribution in [1.82, 2.24) is 9.80 Å².